The minimum atomic E-state index is -0.445. The van der Waals surface area contributed by atoms with Gasteiger partial charge in [0.25, 0.3) is 0 Å². The fourth-order valence-corrected chi connectivity index (χ4v) is 2.77. The van der Waals surface area contributed by atoms with Crippen molar-refractivity contribution in [2.75, 3.05) is 32.9 Å². The molecule has 2 rings (SSSR count). The second-order valence-electron chi connectivity index (χ2n) is 7.47. The van der Waals surface area contributed by atoms with Gasteiger partial charge in [-0.3, -0.25) is 0 Å². The number of ether oxygens (including phenoxy) is 3. The van der Waals surface area contributed by atoms with Crippen LogP contribution in [0.2, 0.25) is 0 Å². The molecule has 0 radical (unpaired) electrons. The monoisotopic (exact) mass is 299 g/mol. The summed E-state index contributed by atoms with van der Waals surface area (Å²) in [6.07, 6.45) is 2.79. The summed E-state index contributed by atoms with van der Waals surface area (Å²) in [5.74, 6) is 0.589. The van der Waals surface area contributed by atoms with Crippen LogP contribution in [0.25, 0.3) is 0 Å². The zero-order valence-electron chi connectivity index (χ0n) is 13.8. The van der Waals surface area contributed by atoms with Crippen LogP contribution in [-0.4, -0.2) is 55.1 Å². The normalized spacial score (nSPS) is 27.9. The molecule has 0 aromatic heterocycles. The Labute approximate surface area is 127 Å². The van der Waals surface area contributed by atoms with Crippen LogP contribution in [0, 0.1) is 5.92 Å². The highest BCUT2D eigenvalue weighted by molar-refractivity contribution is 5.68. The second-order valence-corrected chi connectivity index (χ2v) is 7.47. The number of rotatable bonds is 3. The molecule has 0 bridgehead atoms. The van der Waals surface area contributed by atoms with E-state index in [2.05, 4.69) is 6.92 Å². The minimum absolute atomic E-state index is 0.235. The van der Waals surface area contributed by atoms with Gasteiger partial charge in [0.1, 0.15) is 5.60 Å². The first-order chi connectivity index (χ1) is 9.77. The van der Waals surface area contributed by atoms with Crippen molar-refractivity contribution in [1.29, 1.82) is 0 Å². The largest absolute Gasteiger partial charge is 0.444 e. The molecule has 5 nitrogen and oxygen atoms in total. The average molecular weight is 299 g/mol. The summed E-state index contributed by atoms with van der Waals surface area (Å²) in [6, 6.07) is 0. The van der Waals surface area contributed by atoms with Gasteiger partial charge >= 0.3 is 6.09 Å². The standard InChI is InChI=1S/C16H29NO4/c1-15(2,3)21-14(18)17-8-7-16(4,12-17)20-11-13-5-9-19-10-6-13/h13H,5-12H2,1-4H3. The molecule has 0 aliphatic carbocycles. The van der Waals surface area contributed by atoms with E-state index in [0.29, 0.717) is 19.0 Å². The van der Waals surface area contributed by atoms with E-state index < -0.39 is 5.60 Å². The SMILES string of the molecule is CC(C)(C)OC(=O)N1CCC(C)(OCC2CCOCC2)C1. The highest BCUT2D eigenvalue weighted by Gasteiger charge is 2.39. The molecule has 0 aromatic rings. The van der Waals surface area contributed by atoms with E-state index >= 15 is 0 Å². The summed E-state index contributed by atoms with van der Waals surface area (Å²) in [7, 11) is 0. The van der Waals surface area contributed by atoms with Crippen molar-refractivity contribution in [2.45, 2.75) is 58.2 Å². The first-order valence-electron chi connectivity index (χ1n) is 7.97. The number of hydrogen-bond acceptors (Lipinski definition) is 4. The van der Waals surface area contributed by atoms with E-state index in [9.17, 15) is 4.79 Å². The lowest BCUT2D eigenvalue weighted by atomic mass is 10.0. The van der Waals surface area contributed by atoms with E-state index in [1.807, 2.05) is 20.8 Å². The zero-order valence-corrected chi connectivity index (χ0v) is 13.8. The Hall–Kier alpha value is -0.810. The van der Waals surface area contributed by atoms with E-state index in [-0.39, 0.29) is 11.7 Å². The van der Waals surface area contributed by atoms with Gasteiger partial charge in [0.05, 0.1) is 18.8 Å². The molecule has 0 N–H and O–H groups in total. The van der Waals surface area contributed by atoms with E-state index in [0.717, 1.165) is 39.1 Å². The summed E-state index contributed by atoms with van der Waals surface area (Å²) in [6.45, 7) is 11.5. The molecule has 0 spiro atoms. The number of carbonyl (C=O) groups is 1. The molecule has 0 aromatic carbocycles. The molecule has 2 aliphatic heterocycles. The van der Waals surface area contributed by atoms with Crippen molar-refractivity contribution in [3.8, 4) is 0 Å². The number of nitrogens with zero attached hydrogens (tertiary/aromatic N) is 1. The van der Waals surface area contributed by atoms with Gasteiger partial charge in [0, 0.05) is 19.8 Å². The van der Waals surface area contributed by atoms with E-state index in [1.54, 1.807) is 4.90 Å². The number of amides is 1. The van der Waals surface area contributed by atoms with Crippen molar-refractivity contribution in [1.82, 2.24) is 4.90 Å². The number of hydrogen-bond donors (Lipinski definition) is 0. The highest BCUT2D eigenvalue weighted by Crippen LogP contribution is 2.28. The van der Waals surface area contributed by atoms with Crippen LogP contribution < -0.4 is 0 Å². The Morgan fingerprint density at radius 1 is 1.33 bits per heavy atom. The molecular weight excluding hydrogens is 270 g/mol. The Kier molecular flexibility index (Phi) is 5.15. The maximum Gasteiger partial charge on any atom is 0.410 e. The molecule has 1 atom stereocenters. The molecule has 2 aliphatic rings. The van der Waals surface area contributed by atoms with Gasteiger partial charge in [0.15, 0.2) is 0 Å². The first kappa shape index (κ1) is 16.6. The van der Waals surface area contributed by atoms with Crippen LogP contribution in [0.4, 0.5) is 4.79 Å². The third-order valence-electron chi connectivity index (χ3n) is 4.10. The van der Waals surface area contributed by atoms with Crippen LogP contribution in [0.5, 0.6) is 0 Å². The summed E-state index contributed by atoms with van der Waals surface area (Å²) >= 11 is 0. The van der Waals surface area contributed by atoms with Gasteiger partial charge in [0.2, 0.25) is 0 Å². The molecule has 21 heavy (non-hydrogen) atoms. The lowest BCUT2D eigenvalue weighted by molar-refractivity contribution is -0.0598. The average Bonchev–Trinajstić information content (AvgIpc) is 2.79. The summed E-state index contributed by atoms with van der Waals surface area (Å²) in [5, 5.41) is 0. The number of carbonyl (C=O) groups excluding carboxylic acids is 1. The maximum absolute atomic E-state index is 12.1. The summed E-state index contributed by atoms with van der Waals surface area (Å²) in [4.78, 5) is 13.8. The van der Waals surface area contributed by atoms with E-state index in [4.69, 9.17) is 14.2 Å². The first-order valence-corrected chi connectivity index (χ1v) is 7.97. The second kappa shape index (κ2) is 6.53. The molecule has 5 heteroatoms. The van der Waals surface area contributed by atoms with Gasteiger partial charge < -0.3 is 19.1 Å². The van der Waals surface area contributed by atoms with Crippen molar-refractivity contribution in [3.63, 3.8) is 0 Å². The van der Waals surface area contributed by atoms with Gasteiger partial charge in [-0.25, -0.2) is 4.79 Å². The van der Waals surface area contributed by atoms with Gasteiger partial charge in [-0.05, 0) is 52.9 Å². The third-order valence-corrected chi connectivity index (χ3v) is 4.10. The fourth-order valence-electron chi connectivity index (χ4n) is 2.77. The Morgan fingerprint density at radius 2 is 2.00 bits per heavy atom. The van der Waals surface area contributed by atoms with Crippen LogP contribution in [-0.2, 0) is 14.2 Å². The van der Waals surface area contributed by atoms with Crippen LogP contribution in [0.1, 0.15) is 47.0 Å². The summed E-state index contributed by atoms with van der Waals surface area (Å²) < 4.78 is 16.9. The van der Waals surface area contributed by atoms with E-state index in [1.165, 1.54) is 0 Å². The van der Waals surface area contributed by atoms with Gasteiger partial charge in [-0.2, -0.15) is 0 Å². The molecule has 2 heterocycles. The van der Waals surface area contributed by atoms with Gasteiger partial charge in [-0.1, -0.05) is 0 Å². The Balaban J connectivity index is 1.78. The fraction of sp³-hybridized carbons (Fsp3) is 0.938. The molecule has 2 saturated heterocycles. The maximum atomic E-state index is 12.1. The molecular formula is C16H29NO4. The minimum Gasteiger partial charge on any atom is -0.444 e. The molecule has 2 fully saturated rings. The molecule has 1 amide bonds. The third kappa shape index (κ3) is 5.15. The molecule has 0 saturated carbocycles. The van der Waals surface area contributed by atoms with Crippen LogP contribution in [0.15, 0.2) is 0 Å². The summed E-state index contributed by atoms with van der Waals surface area (Å²) in [5.41, 5.74) is -0.686. The molecule has 1 unspecified atom stereocenters. The molecule has 122 valence electrons. The predicted octanol–water partition coefficient (Wildman–Crippen LogP) is 2.83. The Morgan fingerprint density at radius 3 is 2.62 bits per heavy atom. The lowest BCUT2D eigenvalue weighted by Crippen LogP contribution is -2.40. The van der Waals surface area contributed by atoms with Crippen molar-refractivity contribution in [2.24, 2.45) is 5.92 Å². The predicted molar refractivity (Wildman–Crippen MR) is 80.3 cm³/mol. The highest BCUT2D eigenvalue weighted by atomic mass is 16.6. The lowest BCUT2D eigenvalue weighted by Gasteiger charge is -2.30. The topological polar surface area (TPSA) is 48.0 Å². The van der Waals surface area contributed by atoms with Crippen molar-refractivity contribution < 1.29 is 19.0 Å². The van der Waals surface area contributed by atoms with Gasteiger partial charge in [-0.15, -0.1) is 0 Å². The number of likely N-dealkylation sites (tertiary alicyclic amines) is 1. The quantitative estimate of drug-likeness (QED) is 0.804. The van der Waals surface area contributed by atoms with Crippen molar-refractivity contribution in [3.05, 3.63) is 0 Å². The van der Waals surface area contributed by atoms with Crippen molar-refractivity contribution >= 4 is 6.09 Å². The Bertz CT molecular complexity index is 360. The van der Waals surface area contributed by atoms with Crippen LogP contribution >= 0.6 is 0 Å². The smallest absolute Gasteiger partial charge is 0.410 e. The zero-order chi connectivity index (χ0) is 15.5. The van der Waals surface area contributed by atoms with Crippen LogP contribution in [0.3, 0.4) is 0 Å².